The molecule has 2 atom stereocenters. The van der Waals surface area contributed by atoms with E-state index in [1.807, 2.05) is 24.3 Å². The van der Waals surface area contributed by atoms with Crippen LogP contribution in [0.3, 0.4) is 0 Å². The first-order valence-electron chi connectivity index (χ1n) is 4.45. The monoisotopic (exact) mass is 195 g/mol. The van der Waals surface area contributed by atoms with E-state index in [0.717, 1.165) is 24.8 Å². The molecule has 2 nitrogen and oxygen atoms in total. The summed E-state index contributed by atoms with van der Waals surface area (Å²) in [6.07, 6.45) is 2.77. The number of hydrogen-bond acceptors (Lipinski definition) is 2. The first-order chi connectivity index (χ1) is 6.29. The predicted molar refractivity (Wildman–Crippen MR) is 51.0 cm³/mol. The summed E-state index contributed by atoms with van der Waals surface area (Å²) in [4.78, 5) is 0. The molecule has 1 aliphatic rings. The van der Waals surface area contributed by atoms with Gasteiger partial charge in [-0.15, -0.1) is 0 Å². The molecule has 3 heteroatoms. The van der Waals surface area contributed by atoms with Gasteiger partial charge in [0.2, 0.25) is 0 Å². The van der Waals surface area contributed by atoms with Crippen molar-refractivity contribution in [3.63, 3.8) is 0 Å². The summed E-state index contributed by atoms with van der Waals surface area (Å²) in [5.74, 6) is 0. The minimum Gasteiger partial charge on any atom is -0.772 e. The molecule has 0 spiro atoms. The summed E-state index contributed by atoms with van der Waals surface area (Å²) in [5, 5.41) is -0.273. The molecule has 0 fully saturated rings. The molecule has 1 aromatic carbocycles. The highest BCUT2D eigenvalue weighted by Gasteiger charge is 2.19. The lowest BCUT2D eigenvalue weighted by Gasteiger charge is -2.26. The zero-order chi connectivity index (χ0) is 9.26. The van der Waals surface area contributed by atoms with Gasteiger partial charge in [-0.05, 0) is 41.5 Å². The van der Waals surface area contributed by atoms with Gasteiger partial charge in [0.05, 0.1) is 0 Å². The van der Waals surface area contributed by atoms with Crippen molar-refractivity contribution in [1.29, 1.82) is 0 Å². The van der Waals surface area contributed by atoms with Gasteiger partial charge in [0.25, 0.3) is 0 Å². The maximum Gasteiger partial charge on any atom is 0.0468 e. The third-order valence-electron chi connectivity index (χ3n) is 2.55. The SMILES string of the molecule is O=S([O-])C1CCCc2ccccc21. The summed E-state index contributed by atoms with van der Waals surface area (Å²) in [6.45, 7) is 0. The minimum atomic E-state index is -1.96. The standard InChI is InChI=1S/C10H12O2S/c11-13(12)10-7-3-5-8-4-1-2-6-9(8)10/h1-2,4,6,10H,3,5,7H2,(H,11,12)/p-1. The van der Waals surface area contributed by atoms with E-state index in [9.17, 15) is 8.76 Å². The summed E-state index contributed by atoms with van der Waals surface area (Å²) in [6, 6.07) is 7.82. The van der Waals surface area contributed by atoms with Crippen molar-refractivity contribution in [2.45, 2.75) is 24.5 Å². The Morgan fingerprint density at radius 3 is 2.92 bits per heavy atom. The molecule has 0 N–H and O–H groups in total. The molecule has 0 bridgehead atoms. The van der Waals surface area contributed by atoms with E-state index in [1.54, 1.807) is 0 Å². The second kappa shape index (κ2) is 3.60. The van der Waals surface area contributed by atoms with Crippen LogP contribution >= 0.6 is 0 Å². The fraction of sp³-hybridized carbons (Fsp3) is 0.400. The fourth-order valence-corrected chi connectivity index (χ4v) is 2.71. The van der Waals surface area contributed by atoms with Gasteiger partial charge in [0.15, 0.2) is 0 Å². The van der Waals surface area contributed by atoms with Gasteiger partial charge < -0.3 is 4.55 Å². The molecule has 0 heterocycles. The van der Waals surface area contributed by atoms with Crippen molar-refractivity contribution >= 4 is 11.1 Å². The molecule has 0 aromatic heterocycles. The third-order valence-corrected chi connectivity index (χ3v) is 3.50. The molecule has 70 valence electrons. The van der Waals surface area contributed by atoms with E-state index >= 15 is 0 Å². The van der Waals surface area contributed by atoms with Crippen LogP contribution in [0.4, 0.5) is 0 Å². The van der Waals surface area contributed by atoms with Crippen LogP contribution in [0.5, 0.6) is 0 Å². The van der Waals surface area contributed by atoms with Crippen LogP contribution in [-0.4, -0.2) is 8.76 Å². The molecule has 0 aliphatic heterocycles. The molecule has 0 saturated heterocycles. The van der Waals surface area contributed by atoms with Crippen molar-refractivity contribution in [2.75, 3.05) is 0 Å². The second-order valence-corrected chi connectivity index (χ2v) is 4.43. The van der Waals surface area contributed by atoms with E-state index in [0.29, 0.717) is 0 Å². The lowest BCUT2D eigenvalue weighted by molar-refractivity contribution is 0.509. The van der Waals surface area contributed by atoms with Crippen LogP contribution < -0.4 is 0 Å². The van der Waals surface area contributed by atoms with E-state index in [-0.39, 0.29) is 5.25 Å². The Bertz CT molecular complexity index is 335. The van der Waals surface area contributed by atoms with Crippen LogP contribution in [-0.2, 0) is 17.5 Å². The number of hydrogen-bond donors (Lipinski definition) is 0. The zero-order valence-electron chi connectivity index (χ0n) is 7.23. The molecule has 0 saturated carbocycles. The average Bonchev–Trinajstić information content (AvgIpc) is 2.17. The molecule has 1 aromatic rings. The lowest BCUT2D eigenvalue weighted by Crippen LogP contribution is -2.13. The number of benzene rings is 1. The lowest BCUT2D eigenvalue weighted by atomic mass is 9.91. The van der Waals surface area contributed by atoms with Crippen molar-refractivity contribution in [2.24, 2.45) is 0 Å². The Labute approximate surface area is 80.3 Å². The van der Waals surface area contributed by atoms with Crippen LogP contribution in [0.2, 0.25) is 0 Å². The molecule has 13 heavy (non-hydrogen) atoms. The van der Waals surface area contributed by atoms with E-state index in [1.165, 1.54) is 5.56 Å². The van der Waals surface area contributed by atoms with Crippen molar-refractivity contribution in [1.82, 2.24) is 0 Å². The maximum absolute atomic E-state index is 10.9. The molecular weight excluding hydrogens is 184 g/mol. The summed E-state index contributed by atoms with van der Waals surface area (Å²) >= 11 is -1.96. The Hall–Kier alpha value is -0.670. The second-order valence-electron chi connectivity index (χ2n) is 3.34. The Morgan fingerprint density at radius 1 is 1.38 bits per heavy atom. The Balaban J connectivity index is 2.42. The van der Waals surface area contributed by atoms with E-state index in [2.05, 4.69) is 0 Å². The molecule has 2 rings (SSSR count). The minimum absolute atomic E-state index is 0.273. The van der Waals surface area contributed by atoms with Crippen LogP contribution in [0.15, 0.2) is 24.3 Å². The molecule has 1 aliphatic carbocycles. The zero-order valence-corrected chi connectivity index (χ0v) is 8.05. The first-order valence-corrected chi connectivity index (χ1v) is 5.58. The van der Waals surface area contributed by atoms with Crippen LogP contribution in [0, 0.1) is 0 Å². The topological polar surface area (TPSA) is 40.1 Å². The van der Waals surface area contributed by atoms with Crippen LogP contribution in [0.1, 0.15) is 29.2 Å². The highest BCUT2D eigenvalue weighted by molar-refractivity contribution is 7.79. The van der Waals surface area contributed by atoms with Crippen molar-refractivity contribution in [3.8, 4) is 0 Å². The van der Waals surface area contributed by atoms with Gasteiger partial charge in [0.1, 0.15) is 0 Å². The number of rotatable bonds is 1. The Kier molecular flexibility index (Phi) is 2.47. The largest absolute Gasteiger partial charge is 0.772 e. The molecule has 0 amide bonds. The van der Waals surface area contributed by atoms with Gasteiger partial charge in [-0.2, -0.15) is 0 Å². The highest BCUT2D eigenvalue weighted by atomic mass is 32.2. The van der Waals surface area contributed by atoms with E-state index in [4.69, 9.17) is 0 Å². The molecule has 2 unspecified atom stereocenters. The maximum atomic E-state index is 10.9. The molecule has 0 radical (unpaired) electrons. The van der Waals surface area contributed by atoms with Gasteiger partial charge in [-0.1, -0.05) is 24.3 Å². The first kappa shape index (κ1) is 8.91. The van der Waals surface area contributed by atoms with Gasteiger partial charge in [-0.3, -0.25) is 4.21 Å². The summed E-state index contributed by atoms with van der Waals surface area (Å²) < 4.78 is 21.8. The third kappa shape index (κ3) is 1.67. The fourth-order valence-electron chi connectivity index (χ4n) is 1.91. The number of fused-ring (bicyclic) bond motifs is 1. The quantitative estimate of drug-likeness (QED) is 0.642. The number of aryl methyl sites for hydroxylation is 1. The highest BCUT2D eigenvalue weighted by Crippen LogP contribution is 2.32. The van der Waals surface area contributed by atoms with Gasteiger partial charge in [-0.25, -0.2) is 0 Å². The van der Waals surface area contributed by atoms with Gasteiger partial charge >= 0.3 is 0 Å². The molecular formula is C10H11O2S-. The van der Waals surface area contributed by atoms with Crippen LogP contribution in [0.25, 0.3) is 0 Å². The van der Waals surface area contributed by atoms with Gasteiger partial charge in [0, 0.05) is 5.25 Å². The van der Waals surface area contributed by atoms with Crippen molar-refractivity contribution in [3.05, 3.63) is 35.4 Å². The average molecular weight is 195 g/mol. The summed E-state index contributed by atoms with van der Waals surface area (Å²) in [7, 11) is 0. The normalized spacial score (nSPS) is 23.6. The predicted octanol–water partition coefficient (Wildman–Crippen LogP) is 1.94. The van der Waals surface area contributed by atoms with E-state index < -0.39 is 11.1 Å². The smallest absolute Gasteiger partial charge is 0.0468 e. The summed E-state index contributed by atoms with van der Waals surface area (Å²) in [5.41, 5.74) is 2.20. The Morgan fingerprint density at radius 2 is 2.15 bits per heavy atom. The van der Waals surface area contributed by atoms with Crippen molar-refractivity contribution < 1.29 is 8.76 Å².